The first kappa shape index (κ1) is 24.8. The Labute approximate surface area is 187 Å². The number of aryl methyl sites for hydroxylation is 2. The summed E-state index contributed by atoms with van der Waals surface area (Å²) in [6, 6.07) is 10.2. The van der Waals surface area contributed by atoms with Crippen LogP contribution in [-0.4, -0.2) is 41.8 Å². The van der Waals surface area contributed by atoms with Crippen LogP contribution in [0.25, 0.3) is 10.9 Å². The maximum Gasteiger partial charge on any atom is 0.252 e. The summed E-state index contributed by atoms with van der Waals surface area (Å²) < 4.78 is 27.9. The minimum atomic E-state index is -3.45. The molecule has 1 saturated heterocycles. The van der Waals surface area contributed by atoms with Crippen LogP contribution in [0, 0.1) is 18.3 Å². The molecule has 3 heterocycles. The Morgan fingerprint density at radius 2 is 1.88 bits per heavy atom. The molecule has 2 N–H and O–H groups in total. The van der Waals surface area contributed by atoms with Crippen LogP contribution in [0.3, 0.4) is 0 Å². The molecule has 0 saturated carbocycles. The molecular weight excluding hydrogens is 430 g/mol. The smallest absolute Gasteiger partial charge is 0.252 e. The molecule has 1 fully saturated rings. The van der Waals surface area contributed by atoms with Gasteiger partial charge in [-0.05, 0) is 43.2 Å². The lowest BCUT2D eigenvalue weighted by Crippen LogP contribution is -2.42. The van der Waals surface area contributed by atoms with Gasteiger partial charge in [0.2, 0.25) is 16.4 Å². The third-order valence-electron chi connectivity index (χ3n) is 4.72. The number of nitrogens with one attached hydrogen (secondary N) is 2. The summed E-state index contributed by atoms with van der Waals surface area (Å²) >= 11 is 0. The SMILES string of the molecule is CC.Cc1cc(S(=O)(=O)N2CCC2)c2[nH]c(C#N)cc2c1.Cn1ccc(NC=O)cc1=O. The molecule has 1 aromatic carbocycles. The molecule has 0 radical (unpaired) electrons. The zero-order valence-corrected chi connectivity index (χ0v) is 19.4. The van der Waals surface area contributed by atoms with Crippen LogP contribution in [0.4, 0.5) is 5.69 Å². The van der Waals surface area contributed by atoms with Crippen molar-refractivity contribution in [2.45, 2.75) is 32.1 Å². The average molecular weight is 458 g/mol. The number of hydrogen-bond acceptors (Lipinski definition) is 5. The fraction of sp³-hybridized carbons (Fsp3) is 0.318. The molecule has 1 aliphatic heterocycles. The van der Waals surface area contributed by atoms with Gasteiger partial charge in [0.1, 0.15) is 16.7 Å². The van der Waals surface area contributed by atoms with E-state index in [0.29, 0.717) is 36.4 Å². The number of fused-ring (bicyclic) bond motifs is 1. The highest BCUT2D eigenvalue weighted by atomic mass is 32.2. The number of anilines is 1. The number of aromatic nitrogens is 2. The summed E-state index contributed by atoms with van der Waals surface area (Å²) in [6.07, 6.45) is 3.03. The third-order valence-corrected chi connectivity index (χ3v) is 6.64. The van der Waals surface area contributed by atoms with Gasteiger partial charge in [-0.2, -0.15) is 9.57 Å². The molecule has 3 aromatic rings. The van der Waals surface area contributed by atoms with Gasteiger partial charge in [-0.25, -0.2) is 8.42 Å². The average Bonchev–Trinajstić information content (AvgIpc) is 3.13. The fourth-order valence-electron chi connectivity index (χ4n) is 2.99. The van der Waals surface area contributed by atoms with E-state index < -0.39 is 10.0 Å². The van der Waals surface area contributed by atoms with E-state index in [1.807, 2.05) is 32.9 Å². The van der Waals surface area contributed by atoms with E-state index in [2.05, 4.69) is 10.3 Å². The van der Waals surface area contributed by atoms with Crippen LogP contribution >= 0.6 is 0 Å². The molecule has 4 rings (SSSR count). The number of benzene rings is 1. The zero-order valence-electron chi connectivity index (χ0n) is 18.5. The lowest BCUT2D eigenvalue weighted by molar-refractivity contribution is -0.105. The molecule has 1 aliphatic rings. The Kier molecular flexibility index (Phi) is 8.34. The summed E-state index contributed by atoms with van der Waals surface area (Å²) in [5, 5.41) is 12.1. The normalized spacial score (nSPS) is 13.0. The lowest BCUT2D eigenvalue weighted by atomic mass is 10.2. The Balaban J connectivity index is 0.000000239. The number of hydrogen-bond donors (Lipinski definition) is 2. The standard InChI is InChI=1S/C13H13N3O2S.C7H8N2O2.C2H6/c1-9-5-10-7-11(8-14)15-13(10)12(6-9)19(17,18)16-3-2-4-16;1-9-3-2-6(8-5-10)4-7(9)11;1-2/h5-7,15H,2-4H2,1H3;2-5H,1H3,(H,8,10);1-2H3. The second-order valence-electron chi connectivity index (χ2n) is 6.91. The third kappa shape index (κ3) is 5.43. The van der Waals surface area contributed by atoms with Crippen LogP contribution in [0.1, 0.15) is 31.5 Å². The predicted octanol–water partition coefficient (Wildman–Crippen LogP) is 2.72. The zero-order chi connectivity index (χ0) is 23.9. The Hall–Kier alpha value is -3.42. The van der Waals surface area contributed by atoms with Crippen molar-refractivity contribution in [2.75, 3.05) is 18.4 Å². The van der Waals surface area contributed by atoms with Crippen molar-refractivity contribution in [1.82, 2.24) is 13.9 Å². The highest BCUT2D eigenvalue weighted by Crippen LogP contribution is 2.29. The summed E-state index contributed by atoms with van der Waals surface area (Å²) in [7, 11) is -1.81. The lowest BCUT2D eigenvalue weighted by Gasteiger charge is -2.29. The number of rotatable bonds is 4. The van der Waals surface area contributed by atoms with E-state index in [-0.39, 0.29) is 10.5 Å². The molecule has 0 unspecified atom stereocenters. The molecular formula is C22H27N5O4S. The van der Waals surface area contributed by atoms with Crippen LogP contribution in [0.5, 0.6) is 0 Å². The van der Waals surface area contributed by atoms with Gasteiger partial charge in [-0.1, -0.05) is 13.8 Å². The highest BCUT2D eigenvalue weighted by molar-refractivity contribution is 7.89. The number of pyridine rings is 1. The molecule has 0 aliphatic carbocycles. The topological polar surface area (TPSA) is 128 Å². The van der Waals surface area contributed by atoms with E-state index in [4.69, 9.17) is 5.26 Å². The minimum absolute atomic E-state index is 0.142. The van der Waals surface area contributed by atoms with Gasteiger partial charge >= 0.3 is 0 Å². The maximum atomic E-state index is 12.5. The van der Waals surface area contributed by atoms with Crippen molar-refractivity contribution in [3.05, 3.63) is 58.1 Å². The Morgan fingerprint density at radius 3 is 2.41 bits per heavy atom. The predicted molar refractivity (Wildman–Crippen MR) is 124 cm³/mol. The number of carbonyl (C=O) groups is 1. The van der Waals surface area contributed by atoms with Crippen molar-refractivity contribution in [1.29, 1.82) is 5.26 Å². The van der Waals surface area contributed by atoms with E-state index in [1.165, 1.54) is 14.9 Å². The van der Waals surface area contributed by atoms with Gasteiger partial charge < -0.3 is 14.9 Å². The highest BCUT2D eigenvalue weighted by Gasteiger charge is 2.31. The number of nitriles is 1. The van der Waals surface area contributed by atoms with E-state index >= 15 is 0 Å². The summed E-state index contributed by atoms with van der Waals surface area (Å²) in [5.41, 5.74) is 2.14. The first-order valence-electron chi connectivity index (χ1n) is 10.2. The Morgan fingerprint density at radius 1 is 1.19 bits per heavy atom. The van der Waals surface area contributed by atoms with Gasteiger partial charge in [0.25, 0.3) is 5.56 Å². The molecule has 170 valence electrons. The van der Waals surface area contributed by atoms with E-state index in [1.54, 1.807) is 31.4 Å². The first-order chi connectivity index (χ1) is 15.3. The van der Waals surface area contributed by atoms with Gasteiger partial charge in [0.05, 0.1) is 5.52 Å². The largest absolute Gasteiger partial charge is 0.345 e. The summed E-state index contributed by atoms with van der Waals surface area (Å²) in [4.78, 5) is 24.0. The van der Waals surface area contributed by atoms with E-state index in [9.17, 15) is 18.0 Å². The molecule has 1 amide bonds. The number of H-pyrrole nitrogens is 1. The molecule has 32 heavy (non-hydrogen) atoms. The minimum Gasteiger partial charge on any atom is -0.345 e. The number of aromatic amines is 1. The van der Waals surface area contributed by atoms with Crippen molar-refractivity contribution < 1.29 is 13.2 Å². The van der Waals surface area contributed by atoms with Crippen molar-refractivity contribution >= 4 is 33.0 Å². The number of nitrogens with zero attached hydrogens (tertiary/aromatic N) is 3. The van der Waals surface area contributed by atoms with Crippen molar-refractivity contribution in [2.24, 2.45) is 7.05 Å². The molecule has 2 aromatic heterocycles. The monoisotopic (exact) mass is 457 g/mol. The summed E-state index contributed by atoms with van der Waals surface area (Å²) in [6.45, 7) is 7.00. The van der Waals surface area contributed by atoms with Crippen LogP contribution in [0.2, 0.25) is 0 Å². The number of carbonyl (C=O) groups excluding carboxylic acids is 1. The molecule has 0 atom stereocenters. The van der Waals surface area contributed by atoms with Crippen molar-refractivity contribution in [3.63, 3.8) is 0 Å². The quantitative estimate of drug-likeness (QED) is 0.582. The molecule has 9 nitrogen and oxygen atoms in total. The maximum absolute atomic E-state index is 12.5. The van der Waals surface area contributed by atoms with Crippen LogP contribution in [0.15, 0.2) is 46.2 Å². The fourth-order valence-corrected chi connectivity index (χ4v) is 4.77. The number of amides is 1. The van der Waals surface area contributed by atoms with Gasteiger partial charge in [0.15, 0.2) is 0 Å². The van der Waals surface area contributed by atoms with Gasteiger partial charge in [-0.15, -0.1) is 0 Å². The number of sulfonamides is 1. The first-order valence-corrected chi connectivity index (χ1v) is 11.6. The Bertz CT molecular complexity index is 1300. The van der Waals surface area contributed by atoms with Crippen LogP contribution < -0.4 is 10.9 Å². The second kappa shape index (κ2) is 10.7. The van der Waals surface area contributed by atoms with E-state index in [0.717, 1.165) is 17.4 Å². The van der Waals surface area contributed by atoms with Crippen LogP contribution in [-0.2, 0) is 21.9 Å². The second-order valence-corrected chi connectivity index (χ2v) is 8.81. The molecule has 0 bridgehead atoms. The molecule has 0 spiro atoms. The molecule has 10 heteroatoms. The van der Waals surface area contributed by atoms with Gasteiger partial charge in [0, 0.05) is 43.5 Å². The summed E-state index contributed by atoms with van der Waals surface area (Å²) in [5.74, 6) is 0. The van der Waals surface area contributed by atoms with Gasteiger partial charge in [-0.3, -0.25) is 9.59 Å². The van der Waals surface area contributed by atoms with Crippen molar-refractivity contribution in [3.8, 4) is 6.07 Å².